The van der Waals surface area contributed by atoms with Gasteiger partial charge >= 0.3 is 0 Å². The molecule has 9 heteroatoms. The zero-order chi connectivity index (χ0) is 25.3. The lowest BCUT2D eigenvalue weighted by atomic mass is 10.2. The molecule has 0 aromatic heterocycles. The van der Waals surface area contributed by atoms with E-state index in [0.29, 0.717) is 36.0 Å². The van der Waals surface area contributed by atoms with Gasteiger partial charge in [0.15, 0.2) is 11.5 Å². The number of anilines is 1. The predicted molar refractivity (Wildman–Crippen MR) is 137 cm³/mol. The van der Waals surface area contributed by atoms with E-state index in [0.717, 1.165) is 9.87 Å². The topological polar surface area (TPSA) is 97.3 Å². The molecule has 0 radical (unpaired) electrons. The van der Waals surface area contributed by atoms with Crippen LogP contribution in [-0.4, -0.2) is 40.3 Å². The van der Waals surface area contributed by atoms with Gasteiger partial charge in [0.1, 0.15) is 6.54 Å². The molecular formula is C26H29N3O5S. The Kier molecular flexibility index (Phi) is 8.86. The highest BCUT2D eigenvalue weighted by Gasteiger charge is 2.28. The number of amides is 1. The van der Waals surface area contributed by atoms with Crippen LogP contribution in [0.15, 0.2) is 82.8 Å². The molecule has 0 spiro atoms. The van der Waals surface area contributed by atoms with Gasteiger partial charge < -0.3 is 9.47 Å². The van der Waals surface area contributed by atoms with Crippen LogP contribution in [-0.2, 0) is 14.8 Å². The smallest absolute Gasteiger partial charge is 0.264 e. The van der Waals surface area contributed by atoms with Crippen molar-refractivity contribution in [3.8, 4) is 11.5 Å². The molecule has 35 heavy (non-hydrogen) atoms. The zero-order valence-corrected chi connectivity index (χ0v) is 20.8. The number of aryl methyl sites for hydroxylation is 1. The number of rotatable bonds is 11. The van der Waals surface area contributed by atoms with Crippen LogP contribution in [0, 0.1) is 6.92 Å². The highest BCUT2D eigenvalue weighted by Crippen LogP contribution is 2.28. The summed E-state index contributed by atoms with van der Waals surface area (Å²) in [5.74, 6) is 0.611. The number of ether oxygens (including phenoxy) is 2. The van der Waals surface area contributed by atoms with Gasteiger partial charge in [0.05, 0.1) is 30.0 Å². The number of hydrogen-bond donors (Lipinski definition) is 1. The van der Waals surface area contributed by atoms with E-state index in [4.69, 9.17) is 9.47 Å². The minimum absolute atomic E-state index is 0.0948. The molecule has 0 aliphatic heterocycles. The van der Waals surface area contributed by atoms with Crippen molar-refractivity contribution < 1.29 is 22.7 Å². The Bertz CT molecular complexity index is 1280. The van der Waals surface area contributed by atoms with Gasteiger partial charge in [0, 0.05) is 0 Å². The summed E-state index contributed by atoms with van der Waals surface area (Å²) in [6.45, 7) is 6.10. The van der Waals surface area contributed by atoms with Gasteiger partial charge in [-0.05, 0) is 68.3 Å². The fourth-order valence-electron chi connectivity index (χ4n) is 3.36. The van der Waals surface area contributed by atoms with Gasteiger partial charge in [0.2, 0.25) is 0 Å². The maximum absolute atomic E-state index is 13.4. The quantitative estimate of drug-likeness (QED) is 0.319. The van der Waals surface area contributed by atoms with Crippen LogP contribution in [0.2, 0.25) is 0 Å². The van der Waals surface area contributed by atoms with Crippen molar-refractivity contribution in [3.63, 3.8) is 0 Å². The number of sulfonamides is 1. The van der Waals surface area contributed by atoms with Gasteiger partial charge in [0.25, 0.3) is 15.9 Å². The van der Waals surface area contributed by atoms with Gasteiger partial charge in [-0.15, -0.1) is 0 Å². The molecular weight excluding hydrogens is 466 g/mol. The van der Waals surface area contributed by atoms with E-state index in [1.54, 1.807) is 61.5 Å². The first kappa shape index (κ1) is 25.8. The predicted octanol–water partition coefficient (Wildman–Crippen LogP) is 4.14. The SMILES string of the molecule is CCOc1ccc(/C=N\NC(=O)CN(c2ccccc2C)S(=O)(=O)c2ccccc2)cc1OCC. The van der Waals surface area contributed by atoms with Crippen molar-refractivity contribution in [3.05, 3.63) is 83.9 Å². The number of carbonyl (C=O) groups is 1. The Morgan fingerprint density at radius 3 is 2.29 bits per heavy atom. The highest BCUT2D eigenvalue weighted by atomic mass is 32.2. The van der Waals surface area contributed by atoms with Crippen LogP contribution >= 0.6 is 0 Å². The summed E-state index contributed by atoms with van der Waals surface area (Å²) in [5, 5.41) is 4.00. The first-order chi connectivity index (χ1) is 16.9. The number of nitrogens with one attached hydrogen (secondary N) is 1. The second-order valence-electron chi connectivity index (χ2n) is 7.48. The summed E-state index contributed by atoms with van der Waals surface area (Å²) in [6.07, 6.45) is 1.46. The number of hydrogen-bond acceptors (Lipinski definition) is 6. The monoisotopic (exact) mass is 495 g/mol. The summed E-state index contributed by atoms with van der Waals surface area (Å²) < 4.78 is 39.0. The Hall–Kier alpha value is -3.85. The summed E-state index contributed by atoms with van der Waals surface area (Å²) in [5.41, 5.74) is 4.25. The lowest BCUT2D eigenvalue weighted by Gasteiger charge is -2.25. The van der Waals surface area contributed by atoms with Crippen LogP contribution in [0.1, 0.15) is 25.0 Å². The van der Waals surface area contributed by atoms with Crippen LogP contribution in [0.3, 0.4) is 0 Å². The van der Waals surface area contributed by atoms with Crippen LogP contribution < -0.4 is 19.2 Å². The largest absolute Gasteiger partial charge is 0.490 e. The molecule has 0 fully saturated rings. The fraction of sp³-hybridized carbons (Fsp3) is 0.231. The first-order valence-electron chi connectivity index (χ1n) is 11.2. The van der Waals surface area contributed by atoms with Crippen LogP contribution in [0.5, 0.6) is 11.5 Å². The minimum atomic E-state index is -3.98. The van der Waals surface area contributed by atoms with E-state index in [1.807, 2.05) is 19.9 Å². The minimum Gasteiger partial charge on any atom is -0.490 e. The molecule has 0 aliphatic carbocycles. The number of carbonyl (C=O) groups excluding carboxylic acids is 1. The number of para-hydroxylation sites is 1. The number of nitrogens with zero attached hydrogens (tertiary/aromatic N) is 2. The third-order valence-corrected chi connectivity index (χ3v) is 6.75. The van der Waals surface area contributed by atoms with E-state index in [1.165, 1.54) is 18.3 Å². The van der Waals surface area contributed by atoms with Gasteiger partial charge in [-0.2, -0.15) is 5.10 Å². The highest BCUT2D eigenvalue weighted by molar-refractivity contribution is 7.92. The maximum Gasteiger partial charge on any atom is 0.264 e. The second-order valence-corrected chi connectivity index (χ2v) is 9.34. The van der Waals surface area contributed by atoms with Crippen molar-refractivity contribution in [1.29, 1.82) is 0 Å². The molecule has 0 saturated heterocycles. The van der Waals surface area contributed by atoms with Crippen molar-refractivity contribution >= 4 is 27.8 Å². The molecule has 1 N–H and O–H groups in total. The molecule has 184 valence electrons. The molecule has 0 heterocycles. The van der Waals surface area contributed by atoms with Gasteiger partial charge in [-0.1, -0.05) is 36.4 Å². The molecule has 3 rings (SSSR count). The Morgan fingerprint density at radius 1 is 0.943 bits per heavy atom. The summed E-state index contributed by atoms with van der Waals surface area (Å²) in [4.78, 5) is 12.8. The standard InChI is InChI=1S/C26H29N3O5S/c1-4-33-24-16-15-21(17-25(24)34-5-2)18-27-28-26(30)19-29(23-14-10-9-11-20(23)3)35(31,32)22-12-7-6-8-13-22/h6-18H,4-5,19H2,1-3H3,(H,28,30)/b27-18-. The lowest BCUT2D eigenvalue weighted by molar-refractivity contribution is -0.119. The van der Waals surface area contributed by atoms with Crippen LogP contribution in [0.25, 0.3) is 0 Å². The van der Waals surface area contributed by atoms with Gasteiger partial charge in [-0.3, -0.25) is 9.10 Å². The van der Waals surface area contributed by atoms with Crippen molar-refractivity contribution in [2.75, 3.05) is 24.1 Å². The zero-order valence-electron chi connectivity index (χ0n) is 20.0. The van der Waals surface area contributed by atoms with Crippen molar-refractivity contribution in [2.45, 2.75) is 25.7 Å². The molecule has 0 saturated carbocycles. The average molecular weight is 496 g/mol. The summed E-state index contributed by atoms with van der Waals surface area (Å²) in [7, 11) is -3.98. The van der Waals surface area contributed by atoms with Crippen molar-refractivity contribution in [1.82, 2.24) is 5.43 Å². The van der Waals surface area contributed by atoms with Crippen molar-refractivity contribution in [2.24, 2.45) is 5.10 Å². The third kappa shape index (κ3) is 6.60. The van der Waals surface area contributed by atoms with E-state index >= 15 is 0 Å². The van der Waals surface area contributed by atoms with E-state index in [9.17, 15) is 13.2 Å². The Balaban J connectivity index is 1.79. The van der Waals surface area contributed by atoms with E-state index < -0.39 is 22.5 Å². The fourth-order valence-corrected chi connectivity index (χ4v) is 4.86. The third-order valence-electron chi connectivity index (χ3n) is 4.97. The number of benzene rings is 3. The van der Waals surface area contributed by atoms with Crippen LogP contribution in [0.4, 0.5) is 5.69 Å². The summed E-state index contributed by atoms with van der Waals surface area (Å²) in [6, 6.07) is 20.3. The molecule has 8 nitrogen and oxygen atoms in total. The van der Waals surface area contributed by atoms with Gasteiger partial charge in [-0.25, -0.2) is 13.8 Å². The molecule has 0 bridgehead atoms. The molecule has 3 aromatic carbocycles. The molecule has 0 unspecified atom stereocenters. The number of hydrazone groups is 1. The Labute approximate surface area is 206 Å². The van der Waals surface area contributed by atoms with E-state index in [2.05, 4.69) is 10.5 Å². The maximum atomic E-state index is 13.4. The Morgan fingerprint density at radius 2 is 1.60 bits per heavy atom. The molecule has 1 amide bonds. The lowest BCUT2D eigenvalue weighted by Crippen LogP contribution is -2.40. The van der Waals surface area contributed by atoms with E-state index in [-0.39, 0.29) is 4.90 Å². The summed E-state index contributed by atoms with van der Waals surface area (Å²) >= 11 is 0. The molecule has 3 aromatic rings. The molecule has 0 aliphatic rings. The first-order valence-corrected chi connectivity index (χ1v) is 12.7. The average Bonchev–Trinajstić information content (AvgIpc) is 2.85. The normalized spacial score (nSPS) is 11.3. The molecule has 0 atom stereocenters. The second kappa shape index (κ2) is 12.0.